The molecule has 0 unspecified atom stereocenters. The molecule has 1 N–H and O–H groups in total. The van der Waals surface area contributed by atoms with Crippen molar-refractivity contribution in [2.45, 2.75) is 0 Å². The normalized spacial score (nSPS) is 10.8. The molecule has 0 amide bonds. The van der Waals surface area contributed by atoms with Crippen LogP contribution in [0.25, 0.3) is 0 Å². The van der Waals surface area contributed by atoms with E-state index < -0.39 is 0 Å². The van der Waals surface area contributed by atoms with E-state index in [9.17, 15) is 4.79 Å². The number of rotatable bonds is 4. The maximum Gasteiger partial charge on any atom is 0.187 e. The van der Waals surface area contributed by atoms with Gasteiger partial charge in [0.2, 0.25) is 0 Å². The number of hydrogen-bond acceptors (Lipinski definition) is 2. The van der Waals surface area contributed by atoms with Crippen molar-refractivity contribution in [3.05, 3.63) is 74.8 Å². The second kappa shape index (κ2) is 6.93. The SMILES string of the molecule is O=C(/C=C/Nc1cccc(Cl)c1Cl)c1ccc(Br)cc1. The minimum atomic E-state index is -0.0943. The fraction of sp³-hybridized carbons (Fsp3) is 0. The van der Waals surface area contributed by atoms with Crippen molar-refractivity contribution in [3.8, 4) is 0 Å². The molecule has 0 atom stereocenters. The first-order chi connectivity index (χ1) is 9.58. The fourth-order valence-electron chi connectivity index (χ4n) is 1.53. The number of nitrogens with one attached hydrogen (secondary N) is 1. The van der Waals surface area contributed by atoms with Crippen LogP contribution in [0.3, 0.4) is 0 Å². The van der Waals surface area contributed by atoms with Crippen LogP contribution >= 0.6 is 39.1 Å². The maximum absolute atomic E-state index is 11.9. The summed E-state index contributed by atoms with van der Waals surface area (Å²) in [5, 5.41) is 3.83. The number of benzene rings is 2. The number of halogens is 3. The van der Waals surface area contributed by atoms with Gasteiger partial charge in [-0.25, -0.2) is 0 Å². The van der Waals surface area contributed by atoms with Crippen molar-refractivity contribution in [1.29, 1.82) is 0 Å². The molecular formula is C15H10BrCl2NO. The largest absolute Gasteiger partial charge is 0.360 e. The number of allylic oxidation sites excluding steroid dienone is 1. The molecule has 0 fully saturated rings. The van der Waals surface area contributed by atoms with E-state index in [-0.39, 0.29) is 5.78 Å². The second-order valence-corrected chi connectivity index (χ2v) is 5.65. The van der Waals surface area contributed by atoms with Gasteiger partial charge in [0, 0.05) is 22.3 Å². The van der Waals surface area contributed by atoms with Crippen LogP contribution in [0, 0.1) is 0 Å². The summed E-state index contributed by atoms with van der Waals surface area (Å²) in [7, 11) is 0. The molecule has 0 radical (unpaired) electrons. The minimum absolute atomic E-state index is 0.0943. The van der Waals surface area contributed by atoms with Gasteiger partial charge in [-0.05, 0) is 36.4 Å². The quantitative estimate of drug-likeness (QED) is 0.563. The third-order valence-corrected chi connectivity index (χ3v) is 3.90. The third kappa shape index (κ3) is 3.85. The van der Waals surface area contributed by atoms with Crippen molar-refractivity contribution in [2.24, 2.45) is 0 Å². The van der Waals surface area contributed by atoms with Crippen molar-refractivity contribution >= 4 is 50.6 Å². The Morgan fingerprint density at radius 3 is 2.50 bits per heavy atom. The summed E-state index contributed by atoms with van der Waals surface area (Å²) < 4.78 is 0.932. The zero-order valence-corrected chi connectivity index (χ0v) is 13.3. The van der Waals surface area contributed by atoms with Crippen LogP contribution in [0.2, 0.25) is 10.0 Å². The van der Waals surface area contributed by atoms with Gasteiger partial charge in [0.1, 0.15) is 0 Å². The predicted octanol–water partition coefficient (Wildman–Crippen LogP) is 5.56. The number of ketones is 1. The molecule has 2 aromatic rings. The topological polar surface area (TPSA) is 29.1 Å². The Hall–Kier alpha value is -1.29. The highest BCUT2D eigenvalue weighted by atomic mass is 79.9. The van der Waals surface area contributed by atoms with Crippen molar-refractivity contribution < 1.29 is 4.79 Å². The minimum Gasteiger partial charge on any atom is -0.360 e. The Morgan fingerprint density at radius 2 is 1.80 bits per heavy atom. The van der Waals surface area contributed by atoms with Gasteiger partial charge in [-0.3, -0.25) is 4.79 Å². The Balaban J connectivity index is 2.05. The number of carbonyl (C=O) groups excluding carboxylic acids is 1. The molecule has 2 nitrogen and oxygen atoms in total. The highest BCUT2D eigenvalue weighted by Gasteiger charge is 2.03. The van der Waals surface area contributed by atoms with Gasteiger partial charge in [0.05, 0.1) is 15.7 Å². The molecule has 0 aliphatic heterocycles. The molecule has 0 spiro atoms. The monoisotopic (exact) mass is 369 g/mol. The summed E-state index contributed by atoms with van der Waals surface area (Å²) in [4.78, 5) is 11.9. The lowest BCUT2D eigenvalue weighted by Gasteiger charge is -2.04. The van der Waals surface area contributed by atoms with E-state index >= 15 is 0 Å². The molecule has 2 rings (SSSR count). The number of carbonyl (C=O) groups is 1. The van der Waals surface area contributed by atoms with Crippen LogP contribution in [-0.4, -0.2) is 5.78 Å². The van der Waals surface area contributed by atoms with Crippen molar-refractivity contribution in [2.75, 3.05) is 5.32 Å². The molecule has 20 heavy (non-hydrogen) atoms. The van der Waals surface area contributed by atoms with Crippen LogP contribution in [0.5, 0.6) is 0 Å². The first-order valence-electron chi connectivity index (χ1n) is 5.75. The van der Waals surface area contributed by atoms with Crippen LogP contribution in [-0.2, 0) is 0 Å². The average Bonchev–Trinajstić information content (AvgIpc) is 2.44. The van der Waals surface area contributed by atoms with Crippen molar-refractivity contribution in [1.82, 2.24) is 0 Å². The first-order valence-corrected chi connectivity index (χ1v) is 7.30. The average molecular weight is 371 g/mol. The summed E-state index contributed by atoms with van der Waals surface area (Å²) in [5.74, 6) is -0.0943. The Bertz CT molecular complexity index is 653. The molecule has 5 heteroatoms. The second-order valence-electron chi connectivity index (χ2n) is 3.95. The maximum atomic E-state index is 11.9. The van der Waals surface area contributed by atoms with Crippen molar-refractivity contribution in [3.63, 3.8) is 0 Å². The van der Waals surface area contributed by atoms with Crippen LogP contribution in [0.4, 0.5) is 5.69 Å². The fourth-order valence-corrected chi connectivity index (χ4v) is 2.15. The molecule has 0 saturated carbocycles. The van der Waals surface area contributed by atoms with Gasteiger partial charge < -0.3 is 5.32 Å². The van der Waals surface area contributed by atoms with Crippen LogP contribution < -0.4 is 5.32 Å². The van der Waals surface area contributed by atoms with E-state index in [4.69, 9.17) is 23.2 Å². The summed E-state index contributed by atoms with van der Waals surface area (Å²) >= 11 is 15.2. The molecule has 0 aliphatic rings. The van der Waals surface area contributed by atoms with E-state index in [0.717, 1.165) is 4.47 Å². The molecule has 0 heterocycles. The lowest BCUT2D eigenvalue weighted by molar-refractivity contribution is 0.104. The van der Waals surface area contributed by atoms with E-state index in [0.29, 0.717) is 21.3 Å². The number of hydrogen-bond donors (Lipinski definition) is 1. The zero-order valence-electron chi connectivity index (χ0n) is 10.2. The molecule has 0 aromatic heterocycles. The standard InChI is InChI=1S/C15H10BrCl2NO/c16-11-6-4-10(5-7-11)14(20)8-9-19-13-3-1-2-12(17)15(13)18/h1-9,19H/b9-8+. The van der Waals surface area contributed by atoms with E-state index in [1.54, 1.807) is 36.5 Å². The first kappa shape index (κ1) is 15.1. The summed E-state index contributed by atoms with van der Waals surface area (Å²) in [6.07, 6.45) is 2.99. The van der Waals surface area contributed by atoms with E-state index in [2.05, 4.69) is 21.2 Å². The third-order valence-electron chi connectivity index (χ3n) is 2.55. The van der Waals surface area contributed by atoms with E-state index in [1.807, 2.05) is 12.1 Å². The van der Waals surface area contributed by atoms with Gasteiger partial charge in [-0.1, -0.05) is 45.2 Å². The molecule has 0 bridgehead atoms. The Kier molecular flexibility index (Phi) is 5.24. The Labute approximate surface area is 135 Å². The van der Waals surface area contributed by atoms with Gasteiger partial charge in [-0.15, -0.1) is 0 Å². The number of anilines is 1. The lowest BCUT2D eigenvalue weighted by atomic mass is 10.1. The summed E-state index contributed by atoms with van der Waals surface area (Å²) in [5.41, 5.74) is 1.27. The van der Waals surface area contributed by atoms with Crippen LogP contribution in [0.1, 0.15) is 10.4 Å². The van der Waals surface area contributed by atoms with Gasteiger partial charge in [-0.2, -0.15) is 0 Å². The van der Waals surface area contributed by atoms with Gasteiger partial charge >= 0.3 is 0 Å². The zero-order chi connectivity index (χ0) is 14.5. The smallest absolute Gasteiger partial charge is 0.187 e. The molecule has 102 valence electrons. The van der Waals surface area contributed by atoms with Gasteiger partial charge in [0.25, 0.3) is 0 Å². The molecular weight excluding hydrogens is 361 g/mol. The molecule has 0 aliphatic carbocycles. The Morgan fingerprint density at radius 1 is 1.10 bits per heavy atom. The predicted molar refractivity (Wildman–Crippen MR) is 87.7 cm³/mol. The highest BCUT2D eigenvalue weighted by molar-refractivity contribution is 9.10. The highest BCUT2D eigenvalue weighted by Crippen LogP contribution is 2.29. The summed E-state index contributed by atoms with van der Waals surface area (Å²) in [6, 6.07) is 12.4. The van der Waals surface area contributed by atoms with Gasteiger partial charge in [0.15, 0.2) is 5.78 Å². The lowest BCUT2D eigenvalue weighted by Crippen LogP contribution is -1.96. The van der Waals surface area contributed by atoms with Crippen LogP contribution in [0.15, 0.2) is 59.2 Å². The molecule has 2 aromatic carbocycles. The molecule has 0 saturated heterocycles. The van der Waals surface area contributed by atoms with E-state index in [1.165, 1.54) is 6.08 Å². The summed E-state index contributed by atoms with van der Waals surface area (Å²) in [6.45, 7) is 0.